The Hall–Kier alpha value is -0.570. The largest absolute Gasteiger partial charge is 0.326 e. The summed E-state index contributed by atoms with van der Waals surface area (Å²) in [5, 5.41) is 3.56. The first-order valence-corrected chi connectivity index (χ1v) is 8.20. The molecule has 0 aromatic carbocycles. The summed E-state index contributed by atoms with van der Waals surface area (Å²) in [5.74, 6) is 1.73. The van der Waals surface area contributed by atoms with Crippen LogP contribution in [0.3, 0.4) is 0 Å². The van der Waals surface area contributed by atoms with Crippen molar-refractivity contribution < 1.29 is 4.79 Å². The normalized spacial score (nSPS) is 28.2. The van der Waals surface area contributed by atoms with Gasteiger partial charge in [0.15, 0.2) is 0 Å². The van der Waals surface area contributed by atoms with Crippen molar-refractivity contribution in [1.29, 1.82) is 0 Å². The standard InChI is InChI=1S/C16H30N2O/c1-4-5-9-14-16(19)18(15(17-14)12(2)3)11-10-13-7-6-8-13/h12-15,17H,4-11H2,1-3H3. The van der Waals surface area contributed by atoms with Gasteiger partial charge in [0, 0.05) is 6.54 Å². The van der Waals surface area contributed by atoms with E-state index in [1.807, 2.05) is 0 Å². The Morgan fingerprint density at radius 2 is 2.05 bits per heavy atom. The highest BCUT2D eigenvalue weighted by Gasteiger charge is 2.39. The van der Waals surface area contributed by atoms with Crippen molar-refractivity contribution in [2.45, 2.75) is 77.9 Å². The summed E-state index contributed by atoms with van der Waals surface area (Å²) in [5.41, 5.74) is 0. The Kier molecular flexibility index (Phi) is 5.26. The van der Waals surface area contributed by atoms with Crippen molar-refractivity contribution in [3.63, 3.8) is 0 Å². The Balaban J connectivity index is 1.90. The highest BCUT2D eigenvalue weighted by atomic mass is 16.2. The van der Waals surface area contributed by atoms with Crippen molar-refractivity contribution in [2.75, 3.05) is 6.54 Å². The van der Waals surface area contributed by atoms with Crippen molar-refractivity contribution in [2.24, 2.45) is 11.8 Å². The predicted molar refractivity (Wildman–Crippen MR) is 78.7 cm³/mol. The van der Waals surface area contributed by atoms with Gasteiger partial charge in [0.2, 0.25) is 5.91 Å². The van der Waals surface area contributed by atoms with Crippen LogP contribution in [0.25, 0.3) is 0 Å². The molecule has 1 N–H and O–H groups in total. The molecule has 1 heterocycles. The van der Waals surface area contributed by atoms with Gasteiger partial charge in [0.25, 0.3) is 0 Å². The fourth-order valence-electron chi connectivity index (χ4n) is 3.22. The third-order valence-corrected chi connectivity index (χ3v) is 4.77. The van der Waals surface area contributed by atoms with E-state index in [0.29, 0.717) is 11.8 Å². The third-order valence-electron chi connectivity index (χ3n) is 4.77. The number of hydrogen-bond donors (Lipinski definition) is 1. The van der Waals surface area contributed by atoms with E-state index < -0.39 is 0 Å². The molecule has 0 spiro atoms. The molecule has 3 nitrogen and oxygen atoms in total. The van der Waals surface area contributed by atoms with Gasteiger partial charge in [-0.2, -0.15) is 0 Å². The Labute approximate surface area is 118 Å². The summed E-state index contributed by atoms with van der Waals surface area (Å²) in [6.07, 6.45) is 8.92. The number of unbranched alkanes of at least 4 members (excludes halogenated alkanes) is 1. The first kappa shape index (κ1) is 14.8. The minimum Gasteiger partial charge on any atom is -0.326 e. The van der Waals surface area contributed by atoms with E-state index in [1.165, 1.54) is 32.1 Å². The summed E-state index contributed by atoms with van der Waals surface area (Å²) in [6.45, 7) is 7.57. The average molecular weight is 266 g/mol. The molecule has 2 unspecified atom stereocenters. The summed E-state index contributed by atoms with van der Waals surface area (Å²) >= 11 is 0. The molecule has 19 heavy (non-hydrogen) atoms. The van der Waals surface area contributed by atoms with Crippen LogP contribution in [0.1, 0.15) is 65.7 Å². The van der Waals surface area contributed by atoms with E-state index in [0.717, 1.165) is 25.3 Å². The third kappa shape index (κ3) is 3.50. The lowest BCUT2D eigenvalue weighted by molar-refractivity contribution is -0.130. The van der Waals surface area contributed by atoms with Crippen LogP contribution >= 0.6 is 0 Å². The first-order valence-electron chi connectivity index (χ1n) is 8.20. The second-order valence-corrected chi connectivity index (χ2v) is 6.67. The lowest BCUT2D eigenvalue weighted by Gasteiger charge is -2.31. The number of rotatable bonds is 7. The molecular formula is C16H30N2O. The average Bonchev–Trinajstić information content (AvgIpc) is 2.63. The minimum absolute atomic E-state index is 0.0775. The van der Waals surface area contributed by atoms with E-state index in [4.69, 9.17) is 0 Å². The van der Waals surface area contributed by atoms with Crippen LogP contribution in [0.5, 0.6) is 0 Å². The van der Waals surface area contributed by atoms with E-state index in [-0.39, 0.29) is 12.2 Å². The first-order chi connectivity index (χ1) is 9.13. The van der Waals surface area contributed by atoms with E-state index in [1.54, 1.807) is 0 Å². The van der Waals surface area contributed by atoms with Crippen LogP contribution < -0.4 is 5.32 Å². The topological polar surface area (TPSA) is 32.3 Å². The molecule has 2 aliphatic rings. The van der Waals surface area contributed by atoms with Crippen molar-refractivity contribution >= 4 is 5.91 Å². The number of carbonyl (C=O) groups excluding carboxylic acids is 1. The molecule has 1 aliphatic carbocycles. The maximum atomic E-state index is 12.5. The fraction of sp³-hybridized carbons (Fsp3) is 0.938. The maximum Gasteiger partial charge on any atom is 0.241 e. The molecule has 1 amide bonds. The van der Waals surface area contributed by atoms with Gasteiger partial charge in [-0.3, -0.25) is 10.1 Å². The molecule has 2 atom stereocenters. The summed E-state index contributed by atoms with van der Waals surface area (Å²) in [6, 6.07) is 0.0775. The summed E-state index contributed by atoms with van der Waals surface area (Å²) < 4.78 is 0. The van der Waals surface area contributed by atoms with Crippen LogP contribution in [0.15, 0.2) is 0 Å². The van der Waals surface area contributed by atoms with E-state index in [2.05, 4.69) is 31.0 Å². The van der Waals surface area contributed by atoms with Gasteiger partial charge >= 0.3 is 0 Å². The second-order valence-electron chi connectivity index (χ2n) is 6.67. The molecular weight excluding hydrogens is 236 g/mol. The van der Waals surface area contributed by atoms with Crippen molar-refractivity contribution in [1.82, 2.24) is 10.2 Å². The Morgan fingerprint density at radius 3 is 2.58 bits per heavy atom. The number of hydrogen-bond acceptors (Lipinski definition) is 2. The van der Waals surface area contributed by atoms with Crippen LogP contribution in [-0.2, 0) is 4.79 Å². The Morgan fingerprint density at radius 1 is 1.32 bits per heavy atom. The second kappa shape index (κ2) is 6.74. The van der Waals surface area contributed by atoms with Crippen molar-refractivity contribution in [3.8, 4) is 0 Å². The monoisotopic (exact) mass is 266 g/mol. The Bertz CT molecular complexity index is 299. The van der Waals surface area contributed by atoms with E-state index in [9.17, 15) is 4.79 Å². The zero-order valence-corrected chi connectivity index (χ0v) is 12.8. The van der Waals surface area contributed by atoms with Gasteiger partial charge < -0.3 is 4.90 Å². The highest BCUT2D eigenvalue weighted by molar-refractivity contribution is 5.84. The fourth-order valence-corrected chi connectivity index (χ4v) is 3.22. The lowest BCUT2D eigenvalue weighted by Crippen LogP contribution is -2.42. The quantitative estimate of drug-likeness (QED) is 0.767. The van der Waals surface area contributed by atoms with Gasteiger partial charge in [-0.25, -0.2) is 0 Å². The molecule has 3 heteroatoms. The smallest absolute Gasteiger partial charge is 0.241 e. The number of carbonyl (C=O) groups is 1. The summed E-state index contributed by atoms with van der Waals surface area (Å²) in [7, 11) is 0. The van der Waals surface area contributed by atoms with Crippen molar-refractivity contribution in [3.05, 3.63) is 0 Å². The van der Waals surface area contributed by atoms with Gasteiger partial charge in [-0.05, 0) is 24.7 Å². The molecule has 0 aromatic heterocycles. The molecule has 110 valence electrons. The molecule has 1 saturated heterocycles. The molecule has 1 aliphatic heterocycles. The zero-order chi connectivity index (χ0) is 13.8. The molecule has 0 radical (unpaired) electrons. The van der Waals surface area contributed by atoms with Crippen LogP contribution in [0.4, 0.5) is 0 Å². The number of nitrogens with zero attached hydrogens (tertiary/aromatic N) is 1. The highest BCUT2D eigenvalue weighted by Crippen LogP contribution is 2.30. The van der Waals surface area contributed by atoms with Gasteiger partial charge in [-0.1, -0.05) is 52.9 Å². The molecule has 2 fully saturated rings. The molecule has 1 saturated carbocycles. The zero-order valence-electron chi connectivity index (χ0n) is 12.8. The van der Waals surface area contributed by atoms with Gasteiger partial charge in [-0.15, -0.1) is 0 Å². The van der Waals surface area contributed by atoms with E-state index >= 15 is 0 Å². The summed E-state index contributed by atoms with van der Waals surface area (Å²) in [4.78, 5) is 14.6. The molecule has 2 rings (SSSR count). The number of amides is 1. The molecule has 0 aromatic rings. The predicted octanol–water partition coefficient (Wildman–Crippen LogP) is 3.15. The SMILES string of the molecule is CCCCC1NC(C(C)C)N(CCC2CCC2)C1=O. The maximum absolute atomic E-state index is 12.5. The van der Waals surface area contributed by atoms with Crippen LogP contribution in [0, 0.1) is 11.8 Å². The molecule has 0 bridgehead atoms. The van der Waals surface area contributed by atoms with Gasteiger partial charge in [0.1, 0.15) is 0 Å². The number of nitrogens with one attached hydrogen (secondary N) is 1. The van der Waals surface area contributed by atoms with Crippen LogP contribution in [0.2, 0.25) is 0 Å². The lowest BCUT2D eigenvalue weighted by atomic mass is 9.83. The minimum atomic E-state index is 0.0775. The van der Waals surface area contributed by atoms with Crippen LogP contribution in [-0.4, -0.2) is 29.6 Å². The van der Waals surface area contributed by atoms with Gasteiger partial charge in [0.05, 0.1) is 12.2 Å².